The average Bonchev–Trinajstić information content (AvgIpc) is 2.36. The fourth-order valence-electron chi connectivity index (χ4n) is 1.06. The number of rotatable bonds is 3. The van der Waals surface area contributed by atoms with Crippen molar-refractivity contribution in [3.05, 3.63) is 29.6 Å². The highest BCUT2D eigenvalue weighted by Gasteiger charge is 2.17. The van der Waals surface area contributed by atoms with Crippen LogP contribution in [0.1, 0.15) is 6.42 Å². The fraction of sp³-hybridized carbons (Fsp3) is 0.200. The van der Waals surface area contributed by atoms with E-state index in [-0.39, 0.29) is 13.0 Å². The molecule has 8 heteroatoms. The van der Waals surface area contributed by atoms with E-state index in [9.17, 15) is 18.0 Å². The lowest BCUT2D eigenvalue weighted by atomic mass is 10.3. The molecule has 0 fully saturated rings. The molecule has 96 valence electrons. The molecule has 0 atom stereocenters. The topological polar surface area (TPSA) is 56.1 Å². The van der Waals surface area contributed by atoms with Gasteiger partial charge in [0.2, 0.25) is 0 Å². The van der Waals surface area contributed by atoms with Crippen LogP contribution >= 0.6 is 12.8 Å². The maximum atomic E-state index is 13.2. The zero-order chi connectivity index (χ0) is 13.7. The minimum Gasteiger partial charge on any atom is -0.304 e. The second-order valence-electron chi connectivity index (χ2n) is 3.18. The fourth-order valence-corrected chi connectivity index (χ4v) is 1.21. The molecule has 0 saturated heterocycles. The van der Waals surface area contributed by atoms with Crippen molar-refractivity contribution >= 4 is 24.5 Å². The number of hydrogen-bond donors (Lipinski definition) is 2. The number of benzene rings is 1. The van der Waals surface area contributed by atoms with Crippen LogP contribution in [0.15, 0.2) is 12.1 Å². The minimum absolute atomic E-state index is 0.0107. The standard InChI is InChI=1S/C10H8F3N3OS/c11-6-2-3-7(9(13)8(6)12)15-10(17)16(18)5-1-4-14/h2-3,18H,1,5H2,(H,15,17). The zero-order valence-corrected chi connectivity index (χ0v) is 9.85. The third-order valence-electron chi connectivity index (χ3n) is 1.95. The van der Waals surface area contributed by atoms with Gasteiger partial charge in [0, 0.05) is 6.54 Å². The molecule has 0 bridgehead atoms. The highest BCUT2D eigenvalue weighted by atomic mass is 32.1. The molecule has 0 radical (unpaired) electrons. The smallest absolute Gasteiger partial charge is 0.304 e. The largest absolute Gasteiger partial charge is 0.331 e. The van der Waals surface area contributed by atoms with Gasteiger partial charge < -0.3 is 5.32 Å². The number of nitrogens with zero attached hydrogens (tertiary/aromatic N) is 2. The summed E-state index contributed by atoms with van der Waals surface area (Å²) in [5.74, 6) is -4.52. The summed E-state index contributed by atoms with van der Waals surface area (Å²) in [4.78, 5) is 11.4. The van der Waals surface area contributed by atoms with Gasteiger partial charge in [0.1, 0.15) is 0 Å². The number of hydrogen-bond acceptors (Lipinski definition) is 3. The number of thiol groups is 1. The van der Waals surface area contributed by atoms with Crippen molar-refractivity contribution in [3.63, 3.8) is 0 Å². The summed E-state index contributed by atoms with van der Waals surface area (Å²) >= 11 is 3.75. The molecule has 0 heterocycles. The van der Waals surface area contributed by atoms with Gasteiger partial charge in [-0.1, -0.05) is 12.8 Å². The summed E-state index contributed by atoms with van der Waals surface area (Å²) in [5, 5.41) is 10.3. The molecule has 0 aromatic heterocycles. The van der Waals surface area contributed by atoms with Crippen LogP contribution < -0.4 is 5.32 Å². The molecule has 0 aliphatic carbocycles. The second kappa shape index (κ2) is 6.16. The van der Waals surface area contributed by atoms with E-state index in [0.29, 0.717) is 6.07 Å². The summed E-state index contributed by atoms with van der Waals surface area (Å²) in [6.07, 6.45) is 0.0389. The Labute approximate surface area is 107 Å². The normalized spacial score (nSPS) is 9.72. The maximum Gasteiger partial charge on any atom is 0.331 e. The predicted molar refractivity (Wildman–Crippen MR) is 61.3 cm³/mol. The predicted octanol–water partition coefficient (Wildman–Crippen LogP) is 2.70. The van der Waals surface area contributed by atoms with Crippen LogP contribution in [0, 0.1) is 28.8 Å². The molecule has 4 nitrogen and oxygen atoms in total. The van der Waals surface area contributed by atoms with Crippen molar-refractivity contribution in [2.45, 2.75) is 6.42 Å². The molecule has 0 saturated carbocycles. The van der Waals surface area contributed by atoms with E-state index >= 15 is 0 Å². The summed E-state index contributed by atoms with van der Waals surface area (Å²) in [5.41, 5.74) is -0.505. The van der Waals surface area contributed by atoms with Crippen molar-refractivity contribution in [2.24, 2.45) is 0 Å². The van der Waals surface area contributed by atoms with Crippen LogP contribution in [0.5, 0.6) is 0 Å². The molecule has 1 N–H and O–H groups in total. The Balaban J connectivity index is 2.77. The van der Waals surface area contributed by atoms with Gasteiger partial charge in [0.15, 0.2) is 17.5 Å². The molecule has 2 amide bonds. The van der Waals surface area contributed by atoms with E-state index in [1.807, 2.05) is 5.32 Å². The highest BCUT2D eigenvalue weighted by Crippen LogP contribution is 2.20. The van der Waals surface area contributed by atoms with Gasteiger partial charge in [0.25, 0.3) is 0 Å². The van der Waals surface area contributed by atoms with Crippen molar-refractivity contribution < 1.29 is 18.0 Å². The number of carbonyl (C=O) groups excluding carboxylic acids is 1. The first-order valence-corrected chi connectivity index (χ1v) is 5.15. The molecule has 1 aromatic rings. The van der Waals surface area contributed by atoms with Crippen molar-refractivity contribution in [1.82, 2.24) is 4.31 Å². The van der Waals surface area contributed by atoms with E-state index in [0.717, 1.165) is 10.4 Å². The summed E-state index contributed by atoms with van der Waals surface area (Å²) in [6, 6.07) is 2.52. The molecule has 1 rings (SSSR count). The van der Waals surface area contributed by atoms with Crippen molar-refractivity contribution in [1.29, 1.82) is 5.26 Å². The molecule has 0 spiro atoms. The number of anilines is 1. The lowest BCUT2D eigenvalue weighted by Gasteiger charge is -2.15. The molecule has 1 aromatic carbocycles. The zero-order valence-electron chi connectivity index (χ0n) is 8.95. The van der Waals surface area contributed by atoms with E-state index in [4.69, 9.17) is 5.26 Å². The number of halogens is 3. The van der Waals surface area contributed by atoms with Crippen molar-refractivity contribution in [3.8, 4) is 6.07 Å². The van der Waals surface area contributed by atoms with Gasteiger partial charge in [-0.25, -0.2) is 18.0 Å². The van der Waals surface area contributed by atoms with Crippen molar-refractivity contribution in [2.75, 3.05) is 11.9 Å². The summed E-state index contributed by atoms with van der Waals surface area (Å²) in [6.45, 7) is 0.0107. The Bertz CT molecular complexity index is 504. The average molecular weight is 275 g/mol. The van der Waals surface area contributed by atoms with E-state index in [1.54, 1.807) is 6.07 Å². The minimum atomic E-state index is -1.67. The monoisotopic (exact) mass is 275 g/mol. The lowest BCUT2D eigenvalue weighted by molar-refractivity contribution is 0.239. The third-order valence-corrected chi connectivity index (χ3v) is 2.33. The first-order valence-electron chi connectivity index (χ1n) is 4.75. The van der Waals surface area contributed by atoms with Crippen LogP contribution in [0.25, 0.3) is 0 Å². The van der Waals surface area contributed by atoms with Gasteiger partial charge in [-0.15, -0.1) is 0 Å². The number of nitriles is 1. The molecular weight excluding hydrogens is 267 g/mol. The number of carbonyl (C=O) groups is 1. The van der Waals surface area contributed by atoms with Crippen LogP contribution in [-0.4, -0.2) is 16.9 Å². The van der Waals surface area contributed by atoms with E-state index in [1.165, 1.54) is 0 Å². The van der Waals surface area contributed by atoms with Gasteiger partial charge in [-0.2, -0.15) is 5.26 Å². The van der Waals surface area contributed by atoms with Crippen LogP contribution in [0.2, 0.25) is 0 Å². The SMILES string of the molecule is N#CCCN(S)C(=O)Nc1ccc(F)c(F)c1F. The summed E-state index contributed by atoms with van der Waals surface area (Å²) in [7, 11) is 0. The first-order chi connectivity index (χ1) is 8.47. The van der Waals surface area contributed by atoms with Crippen LogP contribution in [0.4, 0.5) is 23.7 Å². The number of urea groups is 1. The first kappa shape index (κ1) is 14.2. The molecule has 0 aliphatic heterocycles. The lowest BCUT2D eigenvalue weighted by Crippen LogP contribution is -2.28. The van der Waals surface area contributed by atoms with E-state index in [2.05, 4.69) is 12.8 Å². The molecule has 18 heavy (non-hydrogen) atoms. The van der Waals surface area contributed by atoms with Gasteiger partial charge >= 0.3 is 6.03 Å². The van der Waals surface area contributed by atoms with Gasteiger partial charge in [-0.05, 0) is 12.1 Å². The number of nitrogens with one attached hydrogen (secondary N) is 1. The van der Waals surface area contributed by atoms with E-state index < -0.39 is 29.2 Å². The molecule has 0 unspecified atom stereocenters. The van der Waals surface area contributed by atoms with Gasteiger partial charge in [-0.3, -0.25) is 4.31 Å². The Hall–Kier alpha value is -1.88. The Morgan fingerprint density at radius 3 is 2.67 bits per heavy atom. The Morgan fingerprint density at radius 1 is 1.39 bits per heavy atom. The quantitative estimate of drug-likeness (QED) is 0.658. The maximum absolute atomic E-state index is 13.2. The Morgan fingerprint density at radius 2 is 2.06 bits per heavy atom. The summed E-state index contributed by atoms with van der Waals surface area (Å²) < 4.78 is 39.5. The van der Waals surface area contributed by atoms with Gasteiger partial charge in [0.05, 0.1) is 18.2 Å². The highest BCUT2D eigenvalue weighted by molar-refractivity contribution is 7.78. The molecule has 0 aliphatic rings. The second-order valence-corrected chi connectivity index (χ2v) is 3.67. The third kappa shape index (κ3) is 3.30. The Kier molecular flexibility index (Phi) is 4.85. The van der Waals surface area contributed by atoms with Crippen LogP contribution in [0.3, 0.4) is 0 Å². The van der Waals surface area contributed by atoms with Crippen LogP contribution in [-0.2, 0) is 0 Å². The molecular formula is C10H8F3N3OS. The number of amides is 2.